The molecular formula is C29H39BrN2O4. The Morgan fingerprint density at radius 2 is 1.61 bits per heavy atom. The maximum Gasteiger partial charge on any atom is 0.242 e. The molecule has 2 aromatic rings. The van der Waals surface area contributed by atoms with Gasteiger partial charge in [-0.2, -0.15) is 0 Å². The molecule has 1 atom stereocenters. The van der Waals surface area contributed by atoms with Crippen LogP contribution < -0.4 is 14.8 Å². The molecule has 2 amide bonds. The summed E-state index contributed by atoms with van der Waals surface area (Å²) in [5, 5.41) is 3.19. The third kappa shape index (κ3) is 8.26. The number of benzene rings is 2. The minimum atomic E-state index is -0.553. The number of carbonyl (C=O) groups excluding carboxylic acids is 2. The van der Waals surface area contributed by atoms with Gasteiger partial charge < -0.3 is 19.7 Å². The minimum Gasteiger partial charge on any atom is -0.490 e. The van der Waals surface area contributed by atoms with Crippen LogP contribution >= 0.6 is 15.9 Å². The van der Waals surface area contributed by atoms with E-state index in [2.05, 4.69) is 21.2 Å². The lowest BCUT2D eigenvalue weighted by atomic mass is 9.95. The average molecular weight is 560 g/mol. The van der Waals surface area contributed by atoms with Crippen LogP contribution in [-0.2, 0) is 22.6 Å². The van der Waals surface area contributed by atoms with Crippen LogP contribution in [0, 0.1) is 0 Å². The molecule has 0 aromatic heterocycles. The lowest BCUT2D eigenvalue weighted by molar-refractivity contribution is -0.141. The zero-order valence-corrected chi connectivity index (χ0v) is 23.3. The molecule has 1 N–H and O–H groups in total. The number of halogens is 1. The SMILES string of the molecule is CCOc1ccc(CCC(=O)N(Cc2ccc(Br)cc2)[C@H](C)C(=O)NC2CCCCC2)cc1OCC. The van der Waals surface area contributed by atoms with Gasteiger partial charge in [-0.05, 0) is 75.4 Å². The average Bonchev–Trinajstić information content (AvgIpc) is 2.88. The van der Waals surface area contributed by atoms with E-state index in [0.717, 1.165) is 41.3 Å². The second-order valence-corrected chi connectivity index (χ2v) is 10.2. The second kappa shape index (κ2) is 14.3. The molecule has 0 aliphatic heterocycles. The summed E-state index contributed by atoms with van der Waals surface area (Å²) < 4.78 is 12.4. The van der Waals surface area contributed by atoms with E-state index in [1.54, 1.807) is 4.90 Å². The van der Waals surface area contributed by atoms with Crippen LogP contribution in [0.5, 0.6) is 11.5 Å². The van der Waals surface area contributed by atoms with Crippen LogP contribution in [0.25, 0.3) is 0 Å². The number of hydrogen-bond donors (Lipinski definition) is 1. The molecule has 1 aliphatic rings. The van der Waals surface area contributed by atoms with Gasteiger partial charge in [0.1, 0.15) is 6.04 Å². The largest absolute Gasteiger partial charge is 0.490 e. The van der Waals surface area contributed by atoms with Gasteiger partial charge in [0.25, 0.3) is 0 Å². The molecule has 7 heteroatoms. The van der Waals surface area contributed by atoms with Gasteiger partial charge in [-0.3, -0.25) is 9.59 Å². The Bertz CT molecular complexity index is 989. The van der Waals surface area contributed by atoms with Crippen molar-refractivity contribution in [3.8, 4) is 11.5 Å². The fraction of sp³-hybridized carbons (Fsp3) is 0.517. The molecule has 1 aliphatic carbocycles. The van der Waals surface area contributed by atoms with Crippen molar-refractivity contribution < 1.29 is 19.1 Å². The number of ether oxygens (including phenoxy) is 2. The summed E-state index contributed by atoms with van der Waals surface area (Å²) in [4.78, 5) is 28.3. The summed E-state index contributed by atoms with van der Waals surface area (Å²) in [6.45, 7) is 7.19. The Balaban J connectivity index is 1.71. The highest BCUT2D eigenvalue weighted by molar-refractivity contribution is 9.10. The van der Waals surface area contributed by atoms with Crippen molar-refractivity contribution in [2.24, 2.45) is 0 Å². The quantitative estimate of drug-likeness (QED) is 0.344. The van der Waals surface area contributed by atoms with Crippen molar-refractivity contribution in [1.82, 2.24) is 10.2 Å². The second-order valence-electron chi connectivity index (χ2n) is 9.31. The summed E-state index contributed by atoms with van der Waals surface area (Å²) >= 11 is 3.47. The normalized spacial score (nSPS) is 14.7. The van der Waals surface area contributed by atoms with Crippen molar-refractivity contribution in [3.05, 3.63) is 58.1 Å². The van der Waals surface area contributed by atoms with Gasteiger partial charge in [-0.25, -0.2) is 0 Å². The highest BCUT2D eigenvalue weighted by atomic mass is 79.9. The molecule has 1 saturated carbocycles. The first-order valence-electron chi connectivity index (χ1n) is 13.1. The molecule has 0 unspecified atom stereocenters. The maximum absolute atomic E-state index is 13.5. The maximum atomic E-state index is 13.5. The Hall–Kier alpha value is -2.54. The summed E-state index contributed by atoms with van der Waals surface area (Å²) in [6.07, 6.45) is 6.40. The van der Waals surface area contributed by atoms with E-state index in [1.165, 1.54) is 6.42 Å². The minimum absolute atomic E-state index is 0.0453. The fourth-order valence-corrected chi connectivity index (χ4v) is 4.85. The lowest BCUT2D eigenvalue weighted by Crippen LogP contribution is -2.50. The molecule has 6 nitrogen and oxygen atoms in total. The van der Waals surface area contributed by atoms with Crippen LogP contribution in [0.4, 0.5) is 0 Å². The Kier molecular flexibility index (Phi) is 11.1. The van der Waals surface area contributed by atoms with E-state index in [-0.39, 0.29) is 17.9 Å². The molecule has 196 valence electrons. The topological polar surface area (TPSA) is 67.9 Å². The molecule has 1 fully saturated rings. The molecule has 0 saturated heterocycles. The third-order valence-corrected chi connectivity index (χ3v) is 7.15. The zero-order valence-electron chi connectivity index (χ0n) is 21.7. The number of aryl methyl sites for hydroxylation is 1. The molecule has 0 spiro atoms. The third-order valence-electron chi connectivity index (χ3n) is 6.62. The number of hydrogen-bond acceptors (Lipinski definition) is 4. The number of nitrogens with one attached hydrogen (secondary N) is 1. The van der Waals surface area contributed by atoms with Crippen LogP contribution in [0.2, 0.25) is 0 Å². The Morgan fingerprint density at radius 3 is 2.28 bits per heavy atom. The highest BCUT2D eigenvalue weighted by Gasteiger charge is 2.28. The molecule has 3 rings (SSSR count). The first-order chi connectivity index (χ1) is 17.4. The summed E-state index contributed by atoms with van der Waals surface area (Å²) in [5.41, 5.74) is 1.99. The van der Waals surface area contributed by atoms with E-state index < -0.39 is 6.04 Å². The van der Waals surface area contributed by atoms with Crippen molar-refractivity contribution in [2.45, 2.75) is 84.3 Å². The fourth-order valence-electron chi connectivity index (χ4n) is 4.58. The van der Waals surface area contributed by atoms with E-state index in [1.807, 2.05) is 63.2 Å². The molecule has 0 bridgehead atoms. The molecule has 0 heterocycles. The number of nitrogens with zero attached hydrogens (tertiary/aromatic N) is 1. The highest BCUT2D eigenvalue weighted by Crippen LogP contribution is 2.29. The first kappa shape index (κ1) is 28.0. The van der Waals surface area contributed by atoms with Gasteiger partial charge in [0.05, 0.1) is 13.2 Å². The van der Waals surface area contributed by atoms with Crippen LogP contribution in [0.1, 0.15) is 70.4 Å². The summed E-state index contributed by atoms with van der Waals surface area (Å²) in [5.74, 6) is 1.28. The Morgan fingerprint density at radius 1 is 0.972 bits per heavy atom. The zero-order chi connectivity index (χ0) is 25.9. The van der Waals surface area contributed by atoms with Gasteiger partial charge in [-0.1, -0.05) is 53.4 Å². The van der Waals surface area contributed by atoms with Gasteiger partial charge in [-0.15, -0.1) is 0 Å². The van der Waals surface area contributed by atoms with Gasteiger partial charge in [0, 0.05) is 23.5 Å². The molecule has 0 radical (unpaired) electrons. The van der Waals surface area contributed by atoms with E-state index >= 15 is 0 Å². The summed E-state index contributed by atoms with van der Waals surface area (Å²) in [7, 11) is 0. The number of rotatable bonds is 12. The van der Waals surface area contributed by atoms with Gasteiger partial charge in [0.15, 0.2) is 11.5 Å². The van der Waals surface area contributed by atoms with Crippen molar-refractivity contribution in [3.63, 3.8) is 0 Å². The number of amides is 2. The van der Waals surface area contributed by atoms with Crippen LogP contribution in [0.3, 0.4) is 0 Å². The van der Waals surface area contributed by atoms with E-state index in [9.17, 15) is 9.59 Å². The summed E-state index contributed by atoms with van der Waals surface area (Å²) in [6, 6.07) is 13.3. The van der Waals surface area contributed by atoms with Crippen molar-refractivity contribution >= 4 is 27.7 Å². The van der Waals surface area contributed by atoms with E-state index in [0.29, 0.717) is 44.1 Å². The van der Waals surface area contributed by atoms with Gasteiger partial charge in [0.2, 0.25) is 11.8 Å². The monoisotopic (exact) mass is 558 g/mol. The molecule has 2 aromatic carbocycles. The predicted molar refractivity (Wildman–Crippen MR) is 146 cm³/mol. The first-order valence-corrected chi connectivity index (χ1v) is 13.9. The van der Waals surface area contributed by atoms with Gasteiger partial charge >= 0.3 is 0 Å². The smallest absolute Gasteiger partial charge is 0.242 e. The van der Waals surface area contributed by atoms with Crippen molar-refractivity contribution in [2.75, 3.05) is 13.2 Å². The lowest BCUT2D eigenvalue weighted by Gasteiger charge is -2.31. The Labute approximate surface area is 223 Å². The molecule has 36 heavy (non-hydrogen) atoms. The van der Waals surface area contributed by atoms with Crippen LogP contribution in [-0.4, -0.2) is 42.0 Å². The van der Waals surface area contributed by atoms with E-state index in [4.69, 9.17) is 9.47 Å². The van der Waals surface area contributed by atoms with Crippen molar-refractivity contribution in [1.29, 1.82) is 0 Å². The number of carbonyl (C=O) groups is 2. The predicted octanol–water partition coefficient (Wildman–Crippen LogP) is 6.05. The van der Waals surface area contributed by atoms with Crippen LogP contribution in [0.15, 0.2) is 46.9 Å². The standard InChI is InChI=1S/C29H39BrN2O4/c1-4-35-26-17-13-22(19-27(26)36-5-2)14-18-28(33)32(20-23-11-15-24(30)16-12-23)21(3)29(34)31-25-9-7-6-8-10-25/h11-13,15-17,19,21,25H,4-10,14,18,20H2,1-3H3,(H,31,34)/t21-/m1/s1. The molecular weight excluding hydrogens is 520 g/mol.